The summed E-state index contributed by atoms with van der Waals surface area (Å²) in [6.45, 7) is 0. The van der Waals surface area contributed by atoms with Gasteiger partial charge >= 0.3 is 0 Å². The van der Waals surface area contributed by atoms with Crippen LogP contribution >= 0.6 is 39.1 Å². The fourth-order valence-corrected chi connectivity index (χ4v) is 8.06. The summed E-state index contributed by atoms with van der Waals surface area (Å²) in [5.74, 6) is -6.18. The molecule has 186 valence electrons. The summed E-state index contributed by atoms with van der Waals surface area (Å²) in [6.07, 6.45) is 1.80. The Kier molecular flexibility index (Phi) is 5.16. The Morgan fingerprint density at radius 3 is 2.36 bits per heavy atom. The van der Waals surface area contributed by atoms with Crippen LogP contribution in [0, 0.1) is 17.8 Å². The topological polar surface area (TPSA) is 115 Å². The molecule has 2 aromatic rings. The molecule has 2 N–H and O–H groups in total. The average molecular weight is 594 g/mol. The zero-order valence-corrected chi connectivity index (χ0v) is 21.6. The van der Waals surface area contributed by atoms with Gasteiger partial charge in [0, 0.05) is 11.3 Å². The minimum absolute atomic E-state index is 0.0311. The first-order valence-corrected chi connectivity index (χ1v) is 13.2. The van der Waals surface area contributed by atoms with Crippen molar-refractivity contribution in [2.45, 2.75) is 28.5 Å². The largest absolute Gasteiger partial charge is 0.507 e. The van der Waals surface area contributed by atoms with Gasteiger partial charge in [-0.25, -0.2) is 0 Å². The fraction of sp³-hybridized carbons (Fsp3) is 0.360. The van der Waals surface area contributed by atoms with Crippen LogP contribution < -0.4 is 0 Å². The van der Waals surface area contributed by atoms with E-state index in [1.807, 2.05) is 0 Å². The van der Waals surface area contributed by atoms with E-state index >= 15 is 0 Å². The van der Waals surface area contributed by atoms with Crippen molar-refractivity contribution in [1.82, 2.24) is 9.96 Å². The lowest BCUT2D eigenvalue weighted by Gasteiger charge is -2.51. The molecular weight excluding hydrogens is 575 g/mol. The van der Waals surface area contributed by atoms with Crippen molar-refractivity contribution in [2.75, 3.05) is 5.45 Å². The first-order valence-electron chi connectivity index (χ1n) is 11.3. The number of fused-ring (bicyclic) bond motifs is 5. The van der Waals surface area contributed by atoms with Gasteiger partial charge < -0.3 is 5.11 Å². The number of hydrogen-bond donors (Lipinski definition) is 2. The zero-order valence-electron chi connectivity index (χ0n) is 18.5. The van der Waals surface area contributed by atoms with Crippen molar-refractivity contribution >= 4 is 73.5 Å². The molecule has 11 heteroatoms. The molecule has 2 heterocycles. The van der Waals surface area contributed by atoms with E-state index in [-0.39, 0.29) is 29.1 Å². The normalized spacial score (nSPS) is 35.7. The predicted octanol–water partition coefficient (Wildman–Crippen LogP) is 3.65. The van der Waals surface area contributed by atoms with Crippen LogP contribution in [0.15, 0.2) is 48.0 Å². The Labute approximate surface area is 223 Å². The van der Waals surface area contributed by atoms with Crippen molar-refractivity contribution in [3.8, 4) is 5.75 Å². The third-order valence-corrected chi connectivity index (χ3v) is 10.2. The van der Waals surface area contributed by atoms with Crippen LogP contribution in [0.5, 0.6) is 5.75 Å². The molecule has 36 heavy (non-hydrogen) atoms. The molecule has 0 radical (unpaired) electrons. The number of rotatable bonds is 2. The van der Waals surface area contributed by atoms with Gasteiger partial charge in [-0.05, 0) is 35.8 Å². The number of carbonyl (C=O) groups excluding carboxylic acids is 4. The SMILES string of the molecule is O=C1[C@H]2[C@H](CC=C3[C@H]2C[C@@]2(Cl)C(=O)N(CBr)C(=O)[C@@]2(Cl)[C@H]3c2ccc(O)c3ccccc23)C(=O)N1O. The second-order valence-corrected chi connectivity index (χ2v) is 11.4. The molecular formula is C25H19BrCl2N2O6. The molecule has 3 fully saturated rings. The predicted molar refractivity (Wildman–Crippen MR) is 133 cm³/mol. The number of hydroxylamine groups is 2. The molecule has 0 bridgehead atoms. The van der Waals surface area contributed by atoms with E-state index in [4.69, 9.17) is 23.2 Å². The molecule has 0 unspecified atom stereocenters. The Bertz CT molecular complexity index is 1430. The minimum atomic E-state index is -1.93. The maximum absolute atomic E-state index is 13.8. The number of carbonyl (C=O) groups is 4. The highest BCUT2D eigenvalue weighted by molar-refractivity contribution is 9.09. The number of alkyl halides is 3. The summed E-state index contributed by atoms with van der Waals surface area (Å²) < 4.78 is 0. The van der Waals surface area contributed by atoms with E-state index in [1.165, 1.54) is 6.07 Å². The summed E-state index contributed by atoms with van der Waals surface area (Å²) in [6, 6.07) is 10.2. The van der Waals surface area contributed by atoms with Gasteiger partial charge in [0.05, 0.1) is 17.3 Å². The summed E-state index contributed by atoms with van der Waals surface area (Å²) in [5, 5.41) is 21.9. The second kappa shape index (κ2) is 7.77. The molecule has 6 rings (SSSR count). The van der Waals surface area contributed by atoms with Crippen LogP contribution in [0.2, 0.25) is 0 Å². The highest BCUT2D eigenvalue weighted by Crippen LogP contribution is 2.66. The van der Waals surface area contributed by atoms with E-state index in [0.717, 1.165) is 4.90 Å². The van der Waals surface area contributed by atoms with Gasteiger partial charge in [-0.15, -0.1) is 23.2 Å². The number of nitrogens with zero attached hydrogens (tertiary/aromatic N) is 2. The molecule has 0 spiro atoms. The van der Waals surface area contributed by atoms with Gasteiger partial charge in [-0.2, -0.15) is 5.06 Å². The number of likely N-dealkylation sites (tertiary alicyclic amines) is 1. The number of imide groups is 2. The van der Waals surface area contributed by atoms with E-state index in [9.17, 15) is 29.5 Å². The molecule has 2 aromatic carbocycles. The zero-order chi connectivity index (χ0) is 25.7. The Hall–Kier alpha value is -2.46. The molecule has 8 nitrogen and oxygen atoms in total. The Balaban J connectivity index is 1.65. The van der Waals surface area contributed by atoms with Crippen molar-refractivity contribution in [2.24, 2.45) is 17.8 Å². The van der Waals surface area contributed by atoms with E-state index < -0.39 is 57.0 Å². The molecule has 6 atom stereocenters. The summed E-state index contributed by atoms with van der Waals surface area (Å²) in [5.41, 5.74) is 1.06. The Morgan fingerprint density at radius 1 is 0.972 bits per heavy atom. The summed E-state index contributed by atoms with van der Waals surface area (Å²) in [4.78, 5) is 50.0. The lowest BCUT2D eigenvalue weighted by Crippen LogP contribution is -2.60. The minimum Gasteiger partial charge on any atom is -0.507 e. The molecule has 1 saturated carbocycles. The monoisotopic (exact) mass is 592 g/mol. The van der Waals surface area contributed by atoms with Gasteiger partial charge in [0.15, 0.2) is 9.75 Å². The summed E-state index contributed by atoms with van der Waals surface area (Å²) >= 11 is 17.5. The number of aromatic hydroxyl groups is 1. The smallest absolute Gasteiger partial charge is 0.257 e. The number of benzene rings is 2. The highest BCUT2D eigenvalue weighted by Gasteiger charge is 2.76. The standard InChI is InChI=1S/C25H19BrCl2N2O6/c26-10-29-22(34)24(27)9-16-14(5-6-15-18(16)21(33)30(36)20(15)32)19(25(24,28)23(29)35)13-7-8-17(31)12-4-2-1-3-11(12)13/h1-5,7-8,15-16,18-19,31,36H,6,9-10H2/t15-,16+,18-,19-,24+,25-/m0/s1. The number of allylic oxidation sites excluding steroid dienone is 2. The van der Waals surface area contributed by atoms with Crippen LogP contribution in [0.4, 0.5) is 0 Å². The van der Waals surface area contributed by atoms with Crippen molar-refractivity contribution in [3.63, 3.8) is 0 Å². The quantitative estimate of drug-likeness (QED) is 0.181. The van der Waals surface area contributed by atoms with Crippen molar-refractivity contribution < 1.29 is 29.5 Å². The van der Waals surface area contributed by atoms with E-state index in [2.05, 4.69) is 15.9 Å². The number of amides is 4. The lowest BCUT2D eigenvalue weighted by molar-refractivity contribution is -0.173. The second-order valence-electron chi connectivity index (χ2n) is 9.69. The average Bonchev–Trinajstić information content (AvgIpc) is 3.18. The Morgan fingerprint density at radius 2 is 1.67 bits per heavy atom. The van der Waals surface area contributed by atoms with Crippen molar-refractivity contribution in [1.29, 1.82) is 0 Å². The molecule has 2 aliphatic heterocycles. The first-order chi connectivity index (χ1) is 17.1. The van der Waals surface area contributed by atoms with Gasteiger partial charge in [0.2, 0.25) is 0 Å². The fourth-order valence-electron chi connectivity index (χ4n) is 6.64. The molecule has 4 aliphatic rings. The molecule has 2 saturated heterocycles. The lowest BCUT2D eigenvalue weighted by atomic mass is 9.56. The number of phenols is 1. The number of halogens is 3. The number of phenolic OH excluding ortho intramolecular Hbond substituents is 1. The molecule has 0 aromatic heterocycles. The summed E-state index contributed by atoms with van der Waals surface area (Å²) in [7, 11) is 0. The third kappa shape index (κ3) is 2.69. The molecule has 2 aliphatic carbocycles. The maximum atomic E-state index is 13.8. The number of hydrogen-bond acceptors (Lipinski definition) is 6. The first kappa shape index (κ1) is 23.9. The third-order valence-electron chi connectivity index (χ3n) is 8.24. The van der Waals surface area contributed by atoms with Gasteiger partial charge in [0.25, 0.3) is 23.6 Å². The van der Waals surface area contributed by atoms with E-state index in [0.29, 0.717) is 21.9 Å². The van der Waals surface area contributed by atoms with Crippen LogP contribution in [-0.4, -0.2) is 59.1 Å². The maximum Gasteiger partial charge on any atom is 0.257 e. The van der Waals surface area contributed by atoms with Gasteiger partial charge in [-0.1, -0.05) is 57.9 Å². The van der Waals surface area contributed by atoms with Crippen LogP contribution in [0.1, 0.15) is 24.3 Å². The van der Waals surface area contributed by atoms with Gasteiger partial charge in [0.1, 0.15) is 5.75 Å². The molecule has 4 amide bonds. The van der Waals surface area contributed by atoms with Crippen molar-refractivity contribution in [3.05, 3.63) is 53.6 Å². The van der Waals surface area contributed by atoms with Crippen LogP contribution in [-0.2, 0) is 19.2 Å². The van der Waals surface area contributed by atoms with Gasteiger partial charge in [-0.3, -0.25) is 29.3 Å². The van der Waals surface area contributed by atoms with Crippen LogP contribution in [0.25, 0.3) is 10.8 Å². The highest BCUT2D eigenvalue weighted by atomic mass is 79.9. The van der Waals surface area contributed by atoms with E-state index in [1.54, 1.807) is 36.4 Å². The van der Waals surface area contributed by atoms with Crippen LogP contribution in [0.3, 0.4) is 0 Å².